The minimum atomic E-state index is -0.599. The Morgan fingerprint density at radius 2 is 2.04 bits per heavy atom. The Morgan fingerprint density at radius 3 is 2.72 bits per heavy atom. The Morgan fingerprint density at radius 1 is 1.32 bits per heavy atom. The molecule has 0 aliphatic heterocycles. The van der Waals surface area contributed by atoms with Gasteiger partial charge in [-0.15, -0.1) is 11.3 Å². The molecule has 0 spiro atoms. The third-order valence-electron chi connectivity index (χ3n) is 5.56. The Hall–Kier alpha value is -0.770. The van der Waals surface area contributed by atoms with Crippen LogP contribution in [0.2, 0.25) is 0 Å². The molecule has 3 unspecified atom stereocenters. The topological polar surface area (TPSA) is 85.1 Å². The third kappa shape index (κ3) is 4.69. The number of alkyl halides is 1. The molecule has 8 heteroatoms. The summed E-state index contributed by atoms with van der Waals surface area (Å²) in [6, 6.07) is -0.599. The Kier molecular flexibility index (Phi) is 6.30. The van der Waals surface area contributed by atoms with Crippen molar-refractivity contribution in [3.05, 3.63) is 21.2 Å². The highest BCUT2D eigenvalue weighted by Crippen LogP contribution is 2.37. The molecule has 3 rings (SSSR count). The second-order valence-corrected chi connectivity index (χ2v) is 9.86. The first-order valence-electron chi connectivity index (χ1n) is 8.98. The van der Waals surface area contributed by atoms with Gasteiger partial charge in [0.15, 0.2) is 5.13 Å². The average Bonchev–Trinajstić information content (AvgIpc) is 3.04. The molecule has 0 bridgehead atoms. The van der Waals surface area contributed by atoms with Crippen LogP contribution in [0, 0.1) is 22.0 Å². The molecular formula is C17H24IN3O3S. The molecule has 138 valence electrons. The molecule has 2 fully saturated rings. The van der Waals surface area contributed by atoms with Crippen molar-refractivity contribution < 1.29 is 9.72 Å². The van der Waals surface area contributed by atoms with Crippen molar-refractivity contribution in [2.75, 3.05) is 5.32 Å². The summed E-state index contributed by atoms with van der Waals surface area (Å²) in [6.45, 7) is 2.30. The van der Waals surface area contributed by atoms with E-state index in [1.807, 2.05) is 0 Å². The molecule has 1 amide bonds. The molecule has 0 saturated heterocycles. The lowest BCUT2D eigenvalue weighted by Gasteiger charge is -2.27. The second-order valence-electron chi connectivity index (χ2n) is 7.40. The molecule has 0 radical (unpaired) electrons. The zero-order valence-corrected chi connectivity index (χ0v) is 17.3. The first-order chi connectivity index (χ1) is 11.9. The standard InChI is InChI=1S/C17H24IN3O3S/c1-10-2-4-11(5-3-10)15-9-25-17(19-15)20-16(22)13-8-12(21(23)24)6-7-14(13)18/h9-14H,2-8H2,1H3,(H,19,20,22). The molecule has 3 atom stereocenters. The van der Waals surface area contributed by atoms with Gasteiger partial charge in [-0.2, -0.15) is 0 Å². The smallest absolute Gasteiger partial charge is 0.230 e. The number of nitro groups is 1. The van der Waals surface area contributed by atoms with E-state index in [0.29, 0.717) is 30.3 Å². The van der Waals surface area contributed by atoms with Gasteiger partial charge in [0.2, 0.25) is 11.9 Å². The van der Waals surface area contributed by atoms with Gasteiger partial charge in [-0.3, -0.25) is 14.9 Å². The number of amides is 1. The highest BCUT2D eigenvalue weighted by Gasteiger charge is 2.39. The highest BCUT2D eigenvalue weighted by molar-refractivity contribution is 14.1. The zero-order chi connectivity index (χ0) is 18.0. The number of carbonyl (C=O) groups excluding carboxylic acids is 1. The van der Waals surface area contributed by atoms with Gasteiger partial charge in [-0.25, -0.2) is 4.98 Å². The van der Waals surface area contributed by atoms with Gasteiger partial charge in [-0.05, 0) is 25.2 Å². The number of hydrogen-bond acceptors (Lipinski definition) is 5. The van der Waals surface area contributed by atoms with Crippen LogP contribution in [0.1, 0.15) is 63.5 Å². The van der Waals surface area contributed by atoms with Crippen LogP contribution in [-0.4, -0.2) is 25.8 Å². The van der Waals surface area contributed by atoms with Crippen molar-refractivity contribution in [3.63, 3.8) is 0 Å². The minimum Gasteiger partial charge on any atom is -0.302 e. The fraction of sp³-hybridized carbons (Fsp3) is 0.765. The summed E-state index contributed by atoms with van der Waals surface area (Å²) in [5, 5.41) is 16.6. The van der Waals surface area contributed by atoms with E-state index >= 15 is 0 Å². The number of nitrogens with zero attached hydrogens (tertiary/aromatic N) is 2. The lowest BCUT2D eigenvalue weighted by molar-refractivity contribution is -0.527. The van der Waals surface area contributed by atoms with Gasteiger partial charge < -0.3 is 5.32 Å². The summed E-state index contributed by atoms with van der Waals surface area (Å²) in [7, 11) is 0. The fourth-order valence-corrected chi connectivity index (χ4v) is 5.63. The van der Waals surface area contributed by atoms with E-state index in [4.69, 9.17) is 0 Å². The van der Waals surface area contributed by atoms with Gasteiger partial charge in [0.25, 0.3) is 0 Å². The molecule has 1 aromatic rings. The number of aromatic nitrogens is 1. The van der Waals surface area contributed by atoms with Crippen LogP contribution in [0.15, 0.2) is 5.38 Å². The summed E-state index contributed by atoms with van der Waals surface area (Å²) in [5.74, 6) is 0.871. The fourth-order valence-electron chi connectivity index (χ4n) is 3.86. The third-order valence-corrected chi connectivity index (χ3v) is 7.83. The van der Waals surface area contributed by atoms with Crippen LogP contribution in [-0.2, 0) is 4.79 Å². The summed E-state index contributed by atoms with van der Waals surface area (Å²) in [5.41, 5.74) is 1.09. The average molecular weight is 477 g/mol. The molecule has 1 heterocycles. The lowest BCUT2D eigenvalue weighted by Crippen LogP contribution is -2.39. The highest BCUT2D eigenvalue weighted by atomic mass is 127. The van der Waals surface area contributed by atoms with Crippen LogP contribution in [0.4, 0.5) is 5.13 Å². The second kappa shape index (κ2) is 8.28. The predicted molar refractivity (Wildman–Crippen MR) is 107 cm³/mol. The maximum atomic E-state index is 12.6. The summed E-state index contributed by atoms with van der Waals surface area (Å²) < 4.78 is 0.146. The maximum Gasteiger partial charge on any atom is 0.230 e. The van der Waals surface area contributed by atoms with Gasteiger partial charge in [0, 0.05) is 33.0 Å². The Labute approximate surface area is 165 Å². The SMILES string of the molecule is CC1CCC(c2csc(NC(=O)C3CC([N+](=O)[O-])CCC3I)n2)CC1. The lowest BCUT2D eigenvalue weighted by atomic mass is 9.82. The minimum absolute atomic E-state index is 0.121. The number of rotatable bonds is 4. The molecule has 6 nitrogen and oxygen atoms in total. The number of halogens is 1. The quantitative estimate of drug-likeness (QED) is 0.297. The molecule has 0 aromatic carbocycles. The first-order valence-corrected chi connectivity index (χ1v) is 11.1. The van der Waals surface area contributed by atoms with E-state index in [1.54, 1.807) is 0 Å². The normalized spacial score (nSPS) is 33.0. The molecule has 1 aromatic heterocycles. The molecule has 1 N–H and O–H groups in total. The van der Waals surface area contributed by atoms with E-state index in [9.17, 15) is 14.9 Å². The van der Waals surface area contributed by atoms with E-state index < -0.39 is 6.04 Å². The number of carbonyl (C=O) groups is 1. The predicted octanol–water partition coefficient (Wildman–Crippen LogP) is 4.62. The van der Waals surface area contributed by atoms with Crippen molar-refractivity contribution in [1.82, 2.24) is 4.98 Å². The van der Waals surface area contributed by atoms with Crippen molar-refractivity contribution in [2.24, 2.45) is 11.8 Å². The van der Waals surface area contributed by atoms with Gasteiger partial charge >= 0.3 is 0 Å². The number of thiazole rings is 1. The maximum absolute atomic E-state index is 12.6. The Bertz CT molecular complexity index is 630. The van der Waals surface area contributed by atoms with Gasteiger partial charge in [0.1, 0.15) is 0 Å². The van der Waals surface area contributed by atoms with Crippen molar-refractivity contribution in [2.45, 2.75) is 67.8 Å². The van der Waals surface area contributed by atoms with E-state index in [2.05, 4.69) is 45.2 Å². The zero-order valence-electron chi connectivity index (χ0n) is 14.3. The molecule has 2 aliphatic carbocycles. The number of anilines is 1. The van der Waals surface area contributed by atoms with Crippen molar-refractivity contribution in [3.8, 4) is 0 Å². The first kappa shape index (κ1) is 19.0. The summed E-state index contributed by atoms with van der Waals surface area (Å²) in [6.07, 6.45) is 6.42. The molecule has 2 saturated carbocycles. The van der Waals surface area contributed by atoms with Crippen molar-refractivity contribution >= 4 is 45.0 Å². The largest absolute Gasteiger partial charge is 0.302 e. The molecular weight excluding hydrogens is 453 g/mol. The number of nitrogens with one attached hydrogen (secondary N) is 1. The summed E-state index contributed by atoms with van der Waals surface area (Å²) in [4.78, 5) is 28.0. The van der Waals surface area contributed by atoms with Crippen LogP contribution < -0.4 is 5.32 Å². The summed E-state index contributed by atoms with van der Waals surface area (Å²) >= 11 is 3.72. The van der Waals surface area contributed by atoms with Crippen LogP contribution in [0.5, 0.6) is 0 Å². The van der Waals surface area contributed by atoms with Gasteiger partial charge in [0.05, 0.1) is 11.6 Å². The van der Waals surface area contributed by atoms with E-state index in [-0.39, 0.29) is 20.7 Å². The number of hydrogen-bond donors (Lipinski definition) is 1. The molecule has 25 heavy (non-hydrogen) atoms. The van der Waals surface area contributed by atoms with Crippen LogP contribution in [0.25, 0.3) is 0 Å². The molecule has 2 aliphatic rings. The van der Waals surface area contributed by atoms with Gasteiger partial charge in [-0.1, -0.05) is 42.4 Å². The van der Waals surface area contributed by atoms with Crippen LogP contribution in [0.3, 0.4) is 0 Å². The monoisotopic (exact) mass is 477 g/mol. The van der Waals surface area contributed by atoms with E-state index in [0.717, 1.165) is 11.6 Å². The van der Waals surface area contributed by atoms with Crippen LogP contribution >= 0.6 is 33.9 Å². The van der Waals surface area contributed by atoms with Crippen molar-refractivity contribution in [1.29, 1.82) is 0 Å². The van der Waals surface area contributed by atoms with E-state index in [1.165, 1.54) is 37.0 Å². The Balaban J connectivity index is 1.60.